The molecule has 2 amide bonds. The number of ether oxygens (including phenoxy) is 1. The van der Waals surface area contributed by atoms with Crippen LogP contribution < -0.4 is 10.6 Å². The number of nitrogens with zero attached hydrogens (tertiary/aromatic N) is 1. The number of carboxylic acids is 1. The lowest BCUT2D eigenvalue weighted by atomic mass is 9.97. The van der Waals surface area contributed by atoms with E-state index in [9.17, 15) is 19.5 Å². The van der Waals surface area contributed by atoms with E-state index >= 15 is 0 Å². The Morgan fingerprint density at radius 2 is 1.69 bits per heavy atom. The van der Waals surface area contributed by atoms with Crippen molar-refractivity contribution in [3.8, 4) is 11.1 Å². The second kappa shape index (κ2) is 10.7. The molecule has 0 radical (unpaired) electrons. The number of anilines is 1. The molecule has 1 atom stereocenters. The van der Waals surface area contributed by atoms with Gasteiger partial charge in [0.05, 0.1) is 12.1 Å². The van der Waals surface area contributed by atoms with Crippen molar-refractivity contribution in [1.82, 2.24) is 10.3 Å². The minimum absolute atomic E-state index is 0.0272. The van der Waals surface area contributed by atoms with Gasteiger partial charge in [-0.15, -0.1) is 0 Å². The number of hydrogen-bond donors (Lipinski definition) is 3. The van der Waals surface area contributed by atoms with Crippen LogP contribution in [0.2, 0.25) is 0 Å². The maximum absolute atomic E-state index is 12.4. The van der Waals surface area contributed by atoms with Gasteiger partial charge in [-0.25, -0.2) is 9.78 Å². The zero-order valence-electron chi connectivity index (χ0n) is 19.5. The monoisotopic (exact) mass is 493 g/mol. The molecule has 3 aromatic rings. The topological polar surface area (TPSA) is 118 Å². The van der Waals surface area contributed by atoms with Gasteiger partial charge in [0.25, 0.3) is 5.91 Å². The molecule has 0 saturated heterocycles. The lowest BCUT2D eigenvalue weighted by Gasteiger charge is -2.14. The van der Waals surface area contributed by atoms with Crippen molar-refractivity contribution in [3.63, 3.8) is 0 Å². The molecular formula is C26H27N3O5S. The van der Waals surface area contributed by atoms with Crippen LogP contribution in [-0.2, 0) is 9.53 Å². The van der Waals surface area contributed by atoms with E-state index < -0.39 is 23.9 Å². The predicted molar refractivity (Wildman–Crippen MR) is 134 cm³/mol. The van der Waals surface area contributed by atoms with Crippen LogP contribution in [0.25, 0.3) is 11.1 Å². The molecule has 4 rings (SSSR count). The number of thiazole rings is 1. The van der Waals surface area contributed by atoms with Crippen molar-refractivity contribution in [2.24, 2.45) is 11.8 Å². The van der Waals surface area contributed by atoms with Gasteiger partial charge in [0.15, 0.2) is 5.13 Å². The van der Waals surface area contributed by atoms with Crippen molar-refractivity contribution in [2.75, 3.05) is 18.5 Å². The average molecular weight is 494 g/mol. The second-order valence-electron chi connectivity index (χ2n) is 8.85. The number of amides is 2. The lowest BCUT2D eigenvalue weighted by Crippen LogP contribution is -2.33. The normalized spacial score (nSPS) is 13.1. The SMILES string of the molecule is CC(C)CC(CNC(=O)c1cnc(NC(=O)OCC2c3ccccc3-c3ccccc32)s1)C(=O)O. The van der Waals surface area contributed by atoms with Gasteiger partial charge >= 0.3 is 12.1 Å². The summed E-state index contributed by atoms with van der Waals surface area (Å²) in [4.78, 5) is 40.6. The molecule has 0 fully saturated rings. The smallest absolute Gasteiger partial charge is 0.413 e. The van der Waals surface area contributed by atoms with Gasteiger partial charge in [-0.1, -0.05) is 73.7 Å². The van der Waals surface area contributed by atoms with Crippen molar-refractivity contribution in [2.45, 2.75) is 26.2 Å². The first-order chi connectivity index (χ1) is 16.8. The van der Waals surface area contributed by atoms with E-state index in [1.807, 2.05) is 50.2 Å². The van der Waals surface area contributed by atoms with Crippen LogP contribution in [0.3, 0.4) is 0 Å². The highest BCUT2D eigenvalue weighted by molar-refractivity contribution is 7.17. The van der Waals surface area contributed by atoms with Crippen molar-refractivity contribution in [1.29, 1.82) is 0 Å². The maximum atomic E-state index is 12.4. The Morgan fingerprint density at radius 3 is 2.29 bits per heavy atom. The molecule has 2 aromatic carbocycles. The molecular weight excluding hydrogens is 466 g/mol. The summed E-state index contributed by atoms with van der Waals surface area (Å²) in [5.74, 6) is -1.90. The zero-order chi connectivity index (χ0) is 24.9. The summed E-state index contributed by atoms with van der Waals surface area (Å²) >= 11 is 0.996. The van der Waals surface area contributed by atoms with E-state index in [0.717, 1.165) is 33.6 Å². The first-order valence-electron chi connectivity index (χ1n) is 11.4. The van der Waals surface area contributed by atoms with Crippen molar-refractivity contribution >= 4 is 34.4 Å². The molecule has 35 heavy (non-hydrogen) atoms. The van der Waals surface area contributed by atoms with Crippen LogP contribution >= 0.6 is 11.3 Å². The number of nitrogens with one attached hydrogen (secondary N) is 2. The molecule has 3 N–H and O–H groups in total. The molecule has 0 saturated carbocycles. The molecule has 8 nitrogen and oxygen atoms in total. The first kappa shape index (κ1) is 24.4. The van der Waals surface area contributed by atoms with E-state index in [1.54, 1.807) is 0 Å². The Morgan fingerprint density at radius 1 is 1.06 bits per heavy atom. The fourth-order valence-electron chi connectivity index (χ4n) is 4.30. The highest BCUT2D eigenvalue weighted by Crippen LogP contribution is 2.44. The van der Waals surface area contributed by atoms with E-state index in [-0.39, 0.29) is 35.0 Å². The molecule has 1 aromatic heterocycles. The van der Waals surface area contributed by atoms with Gasteiger partial charge < -0.3 is 15.2 Å². The number of aliphatic carboxylic acids is 1. The predicted octanol–water partition coefficient (Wildman–Crippen LogP) is 4.98. The van der Waals surface area contributed by atoms with E-state index in [0.29, 0.717) is 6.42 Å². The van der Waals surface area contributed by atoms with E-state index in [2.05, 4.69) is 27.8 Å². The molecule has 1 heterocycles. The minimum Gasteiger partial charge on any atom is -0.481 e. The quantitative estimate of drug-likeness (QED) is 0.387. The number of carboxylic acid groups (broad SMARTS) is 1. The Hall–Kier alpha value is -3.72. The second-order valence-corrected chi connectivity index (χ2v) is 9.89. The Balaban J connectivity index is 1.32. The Bertz CT molecular complexity index is 1190. The molecule has 0 spiro atoms. The van der Waals surface area contributed by atoms with Crippen molar-refractivity contribution < 1.29 is 24.2 Å². The first-order valence-corrected chi connectivity index (χ1v) is 12.2. The fourth-order valence-corrected chi connectivity index (χ4v) is 5.02. The van der Waals surface area contributed by atoms with Gasteiger partial charge in [-0.05, 0) is 34.6 Å². The van der Waals surface area contributed by atoms with Crippen LogP contribution in [-0.4, -0.2) is 41.2 Å². The molecule has 1 unspecified atom stereocenters. The van der Waals surface area contributed by atoms with Crippen LogP contribution in [0.4, 0.5) is 9.93 Å². The molecule has 1 aliphatic carbocycles. The molecule has 9 heteroatoms. The van der Waals surface area contributed by atoms with E-state index in [4.69, 9.17) is 4.74 Å². The number of rotatable bonds is 9. The van der Waals surface area contributed by atoms with Gasteiger partial charge in [0.1, 0.15) is 11.5 Å². The summed E-state index contributed by atoms with van der Waals surface area (Å²) in [7, 11) is 0. The van der Waals surface area contributed by atoms with Gasteiger partial charge in [-0.2, -0.15) is 0 Å². The zero-order valence-corrected chi connectivity index (χ0v) is 20.3. The summed E-state index contributed by atoms with van der Waals surface area (Å²) < 4.78 is 5.51. The number of hydrogen-bond acceptors (Lipinski definition) is 6. The molecule has 182 valence electrons. The highest BCUT2D eigenvalue weighted by atomic mass is 32.1. The van der Waals surface area contributed by atoms with Crippen molar-refractivity contribution in [3.05, 3.63) is 70.7 Å². The third-order valence-electron chi connectivity index (χ3n) is 5.90. The largest absolute Gasteiger partial charge is 0.481 e. The van der Waals surface area contributed by atoms with Crippen LogP contribution in [0, 0.1) is 11.8 Å². The van der Waals surface area contributed by atoms with E-state index in [1.165, 1.54) is 6.20 Å². The summed E-state index contributed by atoms with van der Waals surface area (Å²) in [6, 6.07) is 16.2. The maximum Gasteiger partial charge on any atom is 0.413 e. The van der Waals surface area contributed by atoms with Crippen LogP contribution in [0.15, 0.2) is 54.7 Å². The number of carbonyl (C=O) groups excluding carboxylic acids is 2. The Labute approximate surface area is 207 Å². The standard InChI is InChI=1S/C26H27N3O5S/c1-15(2)11-16(24(31)32)12-27-23(30)22-13-28-25(35-22)29-26(33)34-14-21-19-9-5-3-7-17(19)18-8-4-6-10-20(18)21/h3-10,13,15-16,21H,11-12,14H2,1-2H3,(H,27,30)(H,31,32)(H,28,29,33). The van der Waals surface area contributed by atoms with Crippen LogP contribution in [0.1, 0.15) is 47.0 Å². The number of benzene rings is 2. The highest BCUT2D eigenvalue weighted by Gasteiger charge is 2.29. The summed E-state index contributed by atoms with van der Waals surface area (Å²) in [5.41, 5.74) is 4.52. The van der Waals surface area contributed by atoms with Gasteiger partial charge in [0, 0.05) is 12.5 Å². The fraction of sp³-hybridized carbons (Fsp3) is 0.308. The number of fused-ring (bicyclic) bond motifs is 3. The van der Waals surface area contributed by atoms with Crippen LogP contribution in [0.5, 0.6) is 0 Å². The lowest BCUT2D eigenvalue weighted by molar-refractivity contribution is -0.142. The Kier molecular flexibility index (Phi) is 7.45. The summed E-state index contributed by atoms with van der Waals surface area (Å²) in [6.45, 7) is 4.06. The molecule has 1 aliphatic rings. The minimum atomic E-state index is -0.944. The third kappa shape index (κ3) is 5.68. The molecule has 0 bridgehead atoms. The number of aromatic nitrogens is 1. The third-order valence-corrected chi connectivity index (χ3v) is 6.81. The van der Waals surface area contributed by atoms with Gasteiger partial charge in [0.2, 0.25) is 0 Å². The number of carbonyl (C=O) groups is 3. The summed E-state index contributed by atoms with van der Waals surface area (Å²) in [5, 5.41) is 14.8. The summed E-state index contributed by atoms with van der Waals surface area (Å²) in [6.07, 6.45) is 1.15. The average Bonchev–Trinajstić information content (AvgIpc) is 3.42. The molecule has 0 aliphatic heterocycles. The van der Waals surface area contributed by atoms with Gasteiger partial charge in [-0.3, -0.25) is 14.9 Å².